The first-order chi connectivity index (χ1) is 9.36. The lowest BCUT2D eigenvalue weighted by molar-refractivity contribution is 0.174. The number of benzene rings is 1. The van der Waals surface area contributed by atoms with E-state index in [2.05, 4.69) is 5.32 Å². The van der Waals surface area contributed by atoms with E-state index in [0.717, 1.165) is 24.3 Å². The van der Waals surface area contributed by atoms with Gasteiger partial charge in [0, 0.05) is 6.54 Å². The number of aliphatic hydroxyl groups excluding tert-OH is 1. The highest BCUT2D eigenvalue weighted by molar-refractivity contribution is 7.07. The predicted molar refractivity (Wildman–Crippen MR) is 78.7 cm³/mol. The molecule has 1 aromatic carbocycles. The van der Waals surface area contributed by atoms with E-state index < -0.39 is 6.10 Å². The lowest BCUT2D eigenvalue weighted by atomic mass is 10.2. The molecule has 0 fully saturated rings. The Kier molecular flexibility index (Phi) is 5.88. The van der Waals surface area contributed by atoms with Crippen LogP contribution in [0.15, 0.2) is 47.2 Å². The van der Waals surface area contributed by atoms with Gasteiger partial charge in [-0.25, -0.2) is 0 Å². The molecule has 1 atom stereocenters. The summed E-state index contributed by atoms with van der Waals surface area (Å²) in [6, 6.07) is 11.8. The lowest BCUT2D eigenvalue weighted by Crippen LogP contribution is -2.23. The van der Waals surface area contributed by atoms with Crippen LogP contribution in [0.4, 0.5) is 0 Å². The molecule has 19 heavy (non-hydrogen) atoms. The van der Waals surface area contributed by atoms with E-state index in [1.54, 1.807) is 11.3 Å². The normalized spacial score (nSPS) is 12.3. The van der Waals surface area contributed by atoms with E-state index in [1.807, 2.05) is 47.2 Å². The van der Waals surface area contributed by atoms with Crippen LogP contribution in [-0.4, -0.2) is 24.8 Å². The monoisotopic (exact) mass is 277 g/mol. The Morgan fingerprint density at radius 1 is 1.21 bits per heavy atom. The van der Waals surface area contributed by atoms with Gasteiger partial charge in [-0.1, -0.05) is 18.2 Å². The highest BCUT2D eigenvalue weighted by atomic mass is 32.1. The molecular weight excluding hydrogens is 258 g/mol. The van der Waals surface area contributed by atoms with Crippen molar-refractivity contribution in [3.8, 4) is 5.75 Å². The zero-order valence-electron chi connectivity index (χ0n) is 10.8. The number of para-hydroxylation sites is 1. The minimum Gasteiger partial charge on any atom is -0.494 e. The average Bonchev–Trinajstić information content (AvgIpc) is 2.98. The van der Waals surface area contributed by atoms with Gasteiger partial charge in [0.1, 0.15) is 5.75 Å². The van der Waals surface area contributed by atoms with Crippen molar-refractivity contribution in [1.82, 2.24) is 5.32 Å². The molecule has 0 aliphatic heterocycles. The first-order valence-corrected chi connectivity index (χ1v) is 7.39. The van der Waals surface area contributed by atoms with Gasteiger partial charge in [-0.15, -0.1) is 0 Å². The SMILES string of the molecule is OC(CNCCCOc1ccccc1)c1ccsc1. The minimum absolute atomic E-state index is 0.415. The molecule has 0 aliphatic carbocycles. The number of hydrogen-bond donors (Lipinski definition) is 2. The highest BCUT2D eigenvalue weighted by Crippen LogP contribution is 2.14. The second kappa shape index (κ2) is 7.94. The fraction of sp³-hybridized carbons (Fsp3) is 0.333. The van der Waals surface area contributed by atoms with Gasteiger partial charge in [0.05, 0.1) is 12.7 Å². The summed E-state index contributed by atoms with van der Waals surface area (Å²) in [5.41, 5.74) is 0.984. The summed E-state index contributed by atoms with van der Waals surface area (Å²) in [5.74, 6) is 0.904. The second-order valence-electron chi connectivity index (χ2n) is 4.29. The summed E-state index contributed by atoms with van der Waals surface area (Å²) in [5, 5.41) is 17.0. The molecule has 0 aliphatic rings. The second-order valence-corrected chi connectivity index (χ2v) is 5.07. The lowest BCUT2D eigenvalue weighted by Gasteiger charge is -2.10. The van der Waals surface area contributed by atoms with Crippen molar-refractivity contribution in [3.63, 3.8) is 0 Å². The third-order valence-corrected chi connectivity index (χ3v) is 3.48. The first kappa shape index (κ1) is 14.1. The van der Waals surface area contributed by atoms with Gasteiger partial charge in [-0.2, -0.15) is 11.3 Å². The van der Waals surface area contributed by atoms with Crippen molar-refractivity contribution in [2.24, 2.45) is 0 Å². The molecule has 0 saturated carbocycles. The molecular formula is C15H19NO2S. The molecule has 2 rings (SSSR count). The van der Waals surface area contributed by atoms with Crippen molar-refractivity contribution < 1.29 is 9.84 Å². The summed E-state index contributed by atoms with van der Waals surface area (Å²) < 4.78 is 5.58. The molecule has 102 valence electrons. The third-order valence-electron chi connectivity index (χ3n) is 2.78. The van der Waals surface area contributed by atoms with Crippen LogP contribution in [0.3, 0.4) is 0 Å². The topological polar surface area (TPSA) is 41.5 Å². The maximum atomic E-state index is 9.86. The molecule has 0 saturated heterocycles. The Labute approximate surface area is 117 Å². The van der Waals surface area contributed by atoms with Crippen LogP contribution in [0.2, 0.25) is 0 Å². The number of nitrogens with one attached hydrogen (secondary N) is 1. The molecule has 4 heteroatoms. The van der Waals surface area contributed by atoms with Crippen molar-refractivity contribution in [2.75, 3.05) is 19.7 Å². The standard InChI is InChI=1S/C15H19NO2S/c17-15(13-7-10-19-12-13)11-16-8-4-9-18-14-5-2-1-3-6-14/h1-3,5-7,10,12,15-17H,4,8-9,11H2. The Morgan fingerprint density at radius 3 is 2.79 bits per heavy atom. The molecule has 1 unspecified atom stereocenters. The first-order valence-electron chi connectivity index (χ1n) is 6.45. The van der Waals surface area contributed by atoms with Gasteiger partial charge < -0.3 is 15.2 Å². The van der Waals surface area contributed by atoms with Crippen LogP contribution in [0.1, 0.15) is 18.1 Å². The fourth-order valence-electron chi connectivity index (χ4n) is 1.73. The zero-order valence-corrected chi connectivity index (χ0v) is 11.6. The quantitative estimate of drug-likeness (QED) is 0.729. The van der Waals surface area contributed by atoms with E-state index >= 15 is 0 Å². The van der Waals surface area contributed by atoms with E-state index in [-0.39, 0.29) is 0 Å². The third kappa shape index (κ3) is 5.03. The van der Waals surface area contributed by atoms with Gasteiger partial charge in [0.25, 0.3) is 0 Å². The number of hydrogen-bond acceptors (Lipinski definition) is 4. The molecule has 3 nitrogen and oxygen atoms in total. The van der Waals surface area contributed by atoms with Gasteiger partial charge >= 0.3 is 0 Å². The van der Waals surface area contributed by atoms with E-state index in [9.17, 15) is 5.11 Å². The maximum absolute atomic E-state index is 9.86. The van der Waals surface area contributed by atoms with Gasteiger partial charge in [-0.3, -0.25) is 0 Å². The Hall–Kier alpha value is -1.36. The summed E-state index contributed by atoms with van der Waals surface area (Å²) in [6.07, 6.45) is 0.506. The Morgan fingerprint density at radius 2 is 2.05 bits per heavy atom. The molecule has 0 radical (unpaired) electrons. The van der Waals surface area contributed by atoms with Crippen LogP contribution in [0.25, 0.3) is 0 Å². The largest absolute Gasteiger partial charge is 0.494 e. The fourth-order valence-corrected chi connectivity index (χ4v) is 2.43. The van der Waals surface area contributed by atoms with Crippen LogP contribution < -0.4 is 10.1 Å². The molecule has 0 bridgehead atoms. The van der Waals surface area contributed by atoms with Gasteiger partial charge in [-0.05, 0) is 47.5 Å². The molecule has 0 amide bonds. The van der Waals surface area contributed by atoms with Gasteiger partial charge in [0.2, 0.25) is 0 Å². The predicted octanol–water partition coefficient (Wildman–Crippen LogP) is 2.84. The maximum Gasteiger partial charge on any atom is 0.119 e. The Bertz CT molecular complexity index is 444. The van der Waals surface area contributed by atoms with Crippen molar-refractivity contribution in [3.05, 3.63) is 52.7 Å². The smallest absolute Gasteiger partial charge is 0.119 e. The molecule has 2 aromatic rings. The molecule has 1 aromatic heterocycles. The van der Waals surface area contributed by atoms with Crippen LogP contribution >= 0.6 is 11.3 Å². The summed E-state index contributed by atoms with van der Waals surface area (Å²) in [4.78, 5) is 0. The minimum atomic E-state index is -0.415. The van der Waals surface area contributed by atoms with Gasteiger partial charge in [0.15, 0.2) is 0 Å². The summed E-state index contributed by atoms with van der Waals surface area (Å²) in [6.45, 7) is 2.11. The number of aliphatic hydroxyl groups is 1. The van der Waals surface area contributed by atoms with E-state index in [1.165, 1.54) is 0 Å². The number of rotatable bonds is 8. The van der Waals surface area contributed by atoms with Crippen LogP contribution in [-0.2, 0) is 0 Å². The van der Waals surface area contributed by atoms with Crippen molar-refractivity contribution >= 4 is 11.3 Å². The molecule has 0 spiro atoms. The van der Waals surface area contributed by atoms with Crippen LogP contribution in [0.5, 0.6) is 5.75 Å². The number of ether oxygens (including phenoxy) is 1. The molecule has 1 heterocycles. The molecule has 2 N–H and O–H groups in total. The van der Waals surface area contributed by atoms with E-state index in [4.69, 9.17) is 4.74 Å². The highest BCUT2D eigenvalue weighted by Gasteiger charge is 2.06. The van der Waals surface area contributed by atoms with Crippen molar-refractivity contribution in [2.45, 2.75) is 12.5 Å². The summed E-state index contributed by atoms with van der Waals surface area (Å²) >= 11 is 1.61. The van der Waals surface area contributed by atoms with Crippen LogP contribution in [0, 0.1) is 0 Å². The Balaban J connectivity index is 1.53. The van der Waals surface area contributed by atoms with E-state index in [0.29, 0.717) is 13.2 Å². The number of thiophene rings is 1. The summed E-state index contributed by atoms with van der Waals surface area (Å²) in [7, 11) is 0. The van der Waals surface area contributed by atoms with Crippen molar-refractivity contribution in [1.29, 1.82) is 0 Å². The average molecular weight is 277 g/mol. The zero-order chi connectivity index (χ0) is 13.3.